The zero-order chi connectivity index (χ0) is 15.8. The third-order valence-electron chi connectivity index (χ3n) is 3.81. The Labute approximate surface area is 131 Å². The molecule has 1 aromatic rings. The molecule has 122 valence electrons. The topological polar surface area (TPSA) is 44.8 Å². The summed E-state index contributed by atoms with van der Waals surface area (Å²) in [6.45, 7) is 4.64. The second-order valence-electron chi connectivity index (χ2n) is 5.43. The summed E-state index contributed by atoms with van der Waals surface area (Å²) in [6.07, 6.45) is 0.895. The molecule has 6 heteroatoms. The first-order chi connectivity index (χ1) is 10.7. The minimum Gasteiger partial charge on any atom is -0.383 e. The number of rotatable bonds is 5. The van der Waals surface area contributed by atoms with Gasteiger partial charge < -0.3 is 15.0 Å². The number of nitrogens with one attached hydrogen (secondary N) is 1. The van der Waals surface area contributed by atoms with Crippen LogP contribution in [0.5, 0.6) is 0 Å². The highest BCUT2D eigenvalue weighted by Gasteiger charge is 2.19. The van der Waals surface area contributed by atoms with Gasteiger partial charge in [-0.05, 0) is 12.5 Å². The van der Waals surface area contributed by atoms with E-state index in [-0.39, 0.29) is 11.8 Å². The molecule has 5 nitrogen and oxygen atoms in total. The Hall–Kier alpha value is -1.66. The van der Waals surface area contributed by atoms with E-state index in [0.29, 0.717) is 31.8 Å². The van der Waals surface area contributed by atoms with Crippen LogP contribution in [-0.4, -0.2) is 62.3 Å². The first-order valence-corrected chi connectivity index (χ1v) is 7.68. The zero-order valence-corrected chi connectivity index (χ0v) is 13.1. The van der Waals surface area contributed by atoms with E-state index >= 15 is 0 Å². The molecule has 1 aliphatic heterocycles. The predicted octanol–water partition coefficient (Wildman–Crippen LogP) is 1.69. The molecule has 0 atom stereocenters. The molecular formula is C16H24FN3O2. The maximum atomic E-state index is 13.7. The van der Waals surface area contributed by atoms with E-state index in [1.165, 1.54) is 6.07 Å². The van der Waals surface area contributed by atoms with Crippen LogP contribution >= 0.6 is 0 Å². The van der Waals surface area contributed by atoms with Crippen molar-refractivity contribution in [3.05, 3.63) is 35.6 Å². The monoisotopic (exact) mass is 309 g/mol. The van der Waals surface area contributed by atoms with Crippen LogP contribution in [0.2, 0.25) is 0 Å². The maximum Gasteiger partial charge on any atom is 0.317 e. The standard InChI is InChI=1S/C16H24FN3O2/c1-22-12-7-18-16(21)20-9-4-8-19(10-11-20)13-14-5-2-3-6-15(14)17/h2-3,5-6H,4,7-13H2,1H3,(H,18,21). The highest BCUT2D eigenvalue weighted by Crippen LogP contribution is 2.12. The lowest BCUT2D eigenvalue weighted by atomic mass is 10.2. The molecule has 1 heterocycles. The van der Waals surface area contributed by atoms with Crippen LogP contribution in [0.15, 0.2) is 24.3 Å². The van der Waals surface area contributed by atoms with E-state index in [9.17, 15) is 9.18 Å². The highest BCUT2D eigenvalue weighted by atomic mass is 19.1. The SMILES string of the molecule is COCCNC(=O)N1CCCN(Cc2ccccc2F)CC1. The third kappa shape index (κ3) is 4.96. The number of nitrogens with zero attached hydrogens (tertiary/aromatic N) is 2. The van der Waals surface area contributed by atoms with E-state index in [2.05, 4.69) is 10.2 Å². The van der Waals surface area contributed by atoms with Crippen LogP contribution in [0.4, 0.5) is 9.18 Å². The lowest BCUT2D eigenvalue weighted by Crippen LogP contribution is -2.43. The van der Waals surface area contributed by atoms with E-state index in [1.54, 1.807) is 13.2 Å². The molecule has 0 aromatic heterocycles. The fraction of sp³-hybridized carbons (Fsp3) is 0.562. The molecule has 1 fully saturated rings. The molecule has 0 unspecified atom stereocenters. The fourth-order valence-corrected chi connectivity index (χ4v) is 2.57. The van der Waals surface area contributed by atoms with Crippen molar-refractivity contribution in [3.8, 4) is 0 Å². The van der Waals surface area contributed by atoms with Crippen LogP contribution in [0.1, 0.15) is 12.0 Å². The van der Waals surface area contributed by atoms with Crippen molar-refractivity contribution >= 4 is 6.03 Å². The Morgan fingerprint density at radius 3 is 2.86 bits per heavy atom. The lowest BCUT2D eigenvalue weighted by Gasteiger charge is -2.22. The van der Waals surface area contributed by atoms with Crippen LogP contribution in [0, 0.1) is 5.82 Å². The number of hydrogen-bond acceptors (Lipinski definition) is 3. The number of methoxy groups -OCH3 is 1. The van der Waals surface area contributed by atoms with E-state index in [4.69, 9.17) is 4.74 Å². The normalized spacial score (nSPS) is 16.4. The molecule has 1 saturated heterocycles. The smallest absolute Gasteiger partial charge is 0.317 e. The van der Waals surface area contributed by atoms with Crippen molar-refractivity contribution in [1.82, 2.24) is 15.1 Å². The number of halogens is 1. The number of urea groups is 1. The highest BCUT2D eigenvalue weighted by molar-refractivity contribution is 5.74. The van der Waals surface area contributed by atoms with Crippen LogP contribution in [0.3, 0.4) is 0 Å². The van der Waals surface area contributed by atoms with Gasteiger partial charge in [-0.15, -0.1) is 0 Å². The molecule has 2 rings (SSSR count). The maximum absolute atomic E-state index is 13.7. The van der Waals surface area contributed by atoms with Crippen molar-refractivity contribution in [3.63, 3.8) is 0 Å². The fourth-order valence-electron chi connectivity index (χ4n) is 2.57. The second-order valence-corrected chi connectivity index (χ2v) is 5.43. The van der Waals surface area contributed by atoms with Crippen molar-refractivity contribution in [1.29, 1.82) is 0 Å². The summed E-state index contributed by atoms with van der Waals surface area (Å²) in [7, 11) is 1.61. The minimum atomic E-state index is -0.166. The first kappa shape index (κ1) is 16.7. The van der Waals surface area contributed by atoms with Crippen LogP contribution in [-0.2, 0) is 11.3 Å². The van der Waals surface area contributed by atoms with Gasteiger partial charge in [-0.3, -0.25) is 4.90 Å². The molecule has 0 spiro atoms. The van der Waals surface area contributed by atoms with Gasteiger partial charge in [0, 0.05) is 51.9 Å². The summed E-state index contributed by atoms with van der Waals surface area (Å²) in [5, 5.41) is 2.84. The summed E-state index contributed by atoms with van der Waals surface area (Å²) >= 11 is 0. The average Bonchev–Trinajstić information content (AvgIpc) is 2.75. The number of amides is 2. The summed E-state index contributed by atoms with van der Waals surface area (Å²) in [5.41, 5.74) is 0.709. The number of ether oxygens (including phenoxy) is 1. The van der Waals surface area contributed by atoms with Gasteiger partial charge in [0.1, 0.15) is 5.82 Å². The van der Waals surface area contributed by atoms with Crippen LogP contribution < -0.4 is 5.32 Å². The largest absolute Gasteiger partial charge is 0.383 e. The minimum absolute atomic E-state index is 0.0511. The summed E-state index contributed by atoms with van der Waals surface area (Å²) in [6, 6.07) is 6.81. The Morgan fingerprint density at radius 2 is 2.09 bits per heavy atom. The Balaban J connectivity index is 1.82. The van der Waals surface area contributed by atoms with Gasteiger partial charge in [0.25, 0.3) is 0 Å². The molecule has 0 bridgehead atoms. The van der Waals surface area contributed by atoms with Crippen molar-refractivity contribution in [2.24, 2.45) is 0 Å². The number of benzene rings is 1. The van der Waals surface area contributed by atoms with Gasteiger partial charge >= 0.3 is 6.03 Å². The summed E-state index contributed by atoms with van der Waals surface area (Å²) in [5.74, 6) is -0.166. The molecule has 0 aliphatic carbocycles. The predicted molar refractivity (Wildman–Crippen MR) is 83.1 cm³/mol. The number of carbonyl (C=O) groups excluding carboxylic acids is 1. The Bertz CT molecular complexity index is 484. The van der Waals surface area contributed by atoms with Gasteiger partial charge in [0.2, 0.25) is 0 Å². The van der Waals surface area contributed by atoms with Gasteiger partial charge in [0.05, 0.1) is 6.61 Å². The van der Waals surface area contributed by atoms with Gasteiger partial charge in [-0.2, -0.15) is 0 Å². The Kier molecular flexibility index (Phi) is 6.61. The van der Waals surface area contributed by atoms with E-state index in [1.807, 2.05) is 17.0 Å². The molecule has 22 heavy (non-hydrogen) atoms. The first-order valence-electron chi connectivity index (χ1n) is 7.68. The lowest BCUT2D eigenvalue weighted by molar-refractivity contribution is 0.179. The molecule has 0 saturated carbocycles. The number of carbonyl (C=O) groups is 1. The summed E-state index contributed by atoms with van der Waals surface area (Å²) < 4.78 is 18.6. The van der Waals surface area contributed by atoms with Crippen molar-refractivity contribution < 1.29 is 13.9 Å². The molecular weight excluding hydrogens is 285 g/mol. The zero-order valence-electron chi connectivity index (χ0n) is 13.1. The molecule has 2 amide bonds. The van der Waals surface area contributed by atoms with Gasteiger partial charge in [-0.1, -0.05) is 18.2 Å². The van der Waals surface area contributed by atoms with Crippen molar-refractivity contribution in [2.45, 2.75) is 13.0 Å². The molecule has 0 radical (unpaired) electrons. The molecule has 1 N–H and O–H groups in total. The van der Waals surface area contributed by atoms with Gasteiger partial charge in [0.15, 0.2) is 0 Å². The number of hydrogen-bond donors (Lipinski definition) is 1. The van der Waals surface area contributed by atoms with Gasteiger partial charge in [-0.25, -0.2) is 9.18 Å². The molecule has 1 aromatic carbocycles. The Morgan fingerprint density at radius 1 is 1.27 bits per heavy atom. The van der Waals surface area contributed by atoms with Crippen LogP contribution in [0.25, 0.3) is 0 Å². The quantitative estimate of drug-likeness (QED) is 0.842. The average molecular weight is 309 g/mol. The second kappa shape index (κ2) is 8.70. The van der Waals surface area contributed by atoms with E-state index < -0.39 is 0 Å². The third-order valence-corrected chi connectivity index (χ3v) is 3.81. The van der Waals surface area contributed by atoms with Crippen molar-refractivity contribution in [2.75, 3.05) is 46.4 Å². The summed E-state index contributed by atoms with van der Waals surface area (Å²) in [4.78, 5) is 16.0. The molecule has 1 aliphatic rings. The van der Waals surface area contributed by atoms with E-state index in [0.717, 1.165) is 26.1 Å².